The van der Waals surface area contributed by atoms with E-state index in [-0.39, 0.29) is 30.7 Å². The second-order valence-electron chi connectivity index (χ2n) is 8.62. The standard InChI is InChI=1S/C28H26F3NO6/c1-3-35-26(33)13-19-16-37-25-14-22(11-12-24(19)25)36-15-18-5-4-6-23(17(18)2)27(34)32-20-7-9-21(10-8-20)38-28(29,30)31/h4-12,14,19H,3,13,15-16H2,1-2H3,(H,32,34). The first-order valence-corrected chi connectivity index (χ1v) is 11.9. The number of ether oxygens (including phenoxy) is 4. The van der Waals surface area contributed by atoms with Crippen molar-refractivity contribution in [3.05, 3.63) is 82.9 Å². The number of halogens is 3. The molecule has 1 aliphatic heterocycles. The van der Waals surface area contributed by atoms with Gasteiger partial charge in [-0.3, -0.25) is 9.59 Å². The molecule has 38 heavy (non-hydrogen) atoms. The van der Waals surface area contributed by atoms with Gasteiger partial charge in [0.2, 0.25) is 0 Å². The van der Waals surface area contributed by atoms with Crippen molar-refractivity contribution in [1.82, 2.24) is 0 Å². The molecule has 1 heterocycles. The first-order valence-electron chi connectivity index (χ1n) is 11.9. The van der Waals surface area contributed by atoms with E-state index in [1.807, 2.05) is 18.2 Å². The van der Waals surface area contributed by atoms with Crippen LogP contribution in [-0.2, 0) is 16.1 Å². The van der Waals surface area contributed by atoms with Crippen LogP contribution in [0.4, 0.5) is 18.9 Å². The Kier molecular flexibility index (Phi) is 8.09. The summed E-state index contributed by atoms with van der Waals surface area (Å²) < 4.78 is 57.6. The highest BCUT2D eigenvalue weighted by Crippen LogP contribution is 2.38. The van der Waals surface area contributed by atoms with Gasteiger partial charge < -0.3 is 24.3 Å². The van der Waals surface area contributed by atoms with E-state index in [1.54, 1.807) is 32.0 Å². The number of amides is 1. The summed E-state index contributed by atoms with van der Waals surface area (Å²) in [6.07, 6.45) is -4.54. The van der Waals surface area contributed by atoms with Gasteiger partial charge in [0.25, 0.3) is 5.91 Å². The lowest BCUT2D eigenvalue weighted by Crippen LogP contribution is -2.17. The molecule has 1 atom stereocenters. The van der Waals surface area contributed by atoms with Crippen molar-refractivity contribution in [2.75, 3.05) is 18.5 Å². The van der Waals surface area contributed by atoms with Gasteiger partial charge in [0, 0.05) is 28.8 Å². The average molecular weight is 530 g/mol. The maximum absolute atomic E-state index is 12.8. The van der Waals surface area contributed by atoms with Gasteiger partial charge >= 0.3 is 12.3 Å². The zero-order chi connectivity index (χ0) is 27.3. The van der Waals surface area contributed by atoms with Gasteiger partial charge in [-0.25, -0.2) is 0 Å². The number of esters is 1. The summed E-state index contributed by atoms with van der Waals surface area (Å²) in [6, 6.07) is 15.6. The summed E-state index contributed by atoms with van der Waals surface area (Å²) >= 11 is 0. The lowest BCUT2D eigenvalue weighted by atomic mass is 9.98. The molecular formula is C28H26F3NO6. The van der Waals surface area contributed by atoms with E-state index in [0.717, 1.165) is 23.3 Å². The third-order valence-electron chi connectivity index (χ3n) is 6.01. The number of hydrogen-bond acceptors (Lipinski definition) is 6. The number of rotatable bonds is 9. The molecule has 0 fully saturated rings. The topological polar surface area (TPSA) is 83.1 Å². The van der Waals surface area contributed by atoms with Crippen LogP contribution in [0.2, 0.25) is 0 Å². The highest BCUT2D eigenvalue weighted by molar-refractivity contribution is 6.05. The number of alkyl halides is 3. The van der Waals surface area contributed by atoms with Crippen LogP contribution in [0.1, 0.15) is 46.3 Å². The van der Waals surface area contributed by atoms with E-state index in [9.17, 15) is 22.8 Å². The van der Waals surface area contributed by atoms with Crippen LogP contribution in [0.15, 0.2) is 60.7 Å². The first-order chi connectivity index (χ1) is 18.1. The largest absolute Gasteiger partial charge is 0.573 e. The summed E-state index contributed by atoms with van der Waals surface area (Å²) in [5, 5.41) is 2.68. The second kappa shape index (κ2) is 11.5. The zero-order valence-electron chi connectivity index (χ0n) is 20.8. The Balaban J connectivity index is 1.38. The third-order valence-corrected chi connectivity index (χ3v) is 6.01. The maximum atomic E-state index is 12.8. The van der Waals surface area contributed by atoms with Gasteiger partial charge in [0.1, 0.15) is 23.9 Å². The van der Waals surface area contributed by atoms with Gasteiger partial charge in [0.15, 0.2) is 0 Å². The van der Waals surface area contributed by atoms with Gasteiger partial charge in [0.05, 0.1) is 19.6 Å². The fourth-order valence-electron chi connectivity index (χ4n) is 4.12. The molecule has 0 radical (unpaired) electrons. The second-order valence-corrected chi connectivity index (χ2v) is 8.62. The molecule has 0 aromatic heterocycles. The Morgan fingerprint density at radius 3 is 2.50 bits per heavy atom. The van der Waals surface area contributed by atoms with Crippen molar-refractivity contribution < 1.29 is 41.7 Å². The molecule has 1 amide bonds. The molecule has 0 bridgehead atoms. The maximum Gasteiger partial charge on any atom is 0.573 e. The summed E-state index contributed by atoms with van der Waals surface area (Å²) in [7, 11) is 0. The minimum absolute atomic E-state index is 0.0658. The van der Waals surface area contributed by atoms with Crippen LogP contribution < -0.4 is 19.5 Å². The molecule has 0 spiro atoms. The number of carbonyl (C=O) groups is 2. The molecule has 3 aromatic rings. The van der Waals surface area contributed by atoms with Gasteiger partial charge in [-0.05, 0) is 61.4 Å². The molecule has 7 nitrogen and oxygen atoms in total. The molecule has 4 rings (SSSR count). The van der Waals surface area contributed by atoms with E-state index in [4.69, 9.17) is 14.2 Å². The van der Waals surface area contributed by atoms with Gasteiger partial charge in [-0.15, -0.1) is 13.2 Å². The third kappa shape index (κ3) is 6.76. The number of hydrogen-bond donors (Lipinski definition) is 1. The Bertz CT molecular complexity index is 1310. The van der Waals surface area contributed by atoms with E-state index in [0.29, 0.717) is 41.5 Å². The lowest BCUT2D eigenvalue weighted by molar-refractivity contribution is -0.274. The van der Waals surface area contributed by atoms with Gasteiger partial charge in [-0.1, -0.05) is 18.2 Å². The number of benzene rings is 3. The fraction of sp³-hybridized carbons (Fsp3) is 0.286. The van der Waals surface area contributed by atoms with Crippen molar-refractivity contribution in [1.29, 1.82) is 0 Å². The molecule has 0 aliphatic carbocycles. The molecule has 200 valence electrons. The predicted octanol–water partition coefficient (Wildman–Crippen LogP) is 6.15. The minimum atomic E-state index is -4.79. The smallest absolute Gasteiger partial charge is 0.492 e. The summed E-state index contributed by atoms with van der Waals surface area (Å²) in [4.78, 5) is 24.7. The van der Waals surface area contributed by atoms with Crippen LogP contribution in [-0.4, -0.2) is 31.5 Å². The van der Waals surface area contributed by atoms with Crippen LogP contribution in [0.5, 0.6) is 17.2 Å². The van der Waals surface area contributed by atoms with Gasteiger partial charge in [-0.2, -0.15) is 0 Å². The molecule has 10 heteroatoms. The number of nitrogens with one attached hydrogen (secondary N) is 1. The van der Waals surface area contributed by atoms with E-state index < -0.39 is 12.3 Å². The average Bonchev–Trinajstić information content (AvgIpc) is 3.25. The highest BCUT2D eigenvalue weighted by atomic mass is 19.4. The molecule has 1 unspecified atom stereocenters. The lowest BCUT2D eigenvalue weighted by Gasteiger charge is -2.14. The molecule has 1 N–H and O–H groups in total. The molecule has 0 saturated heterocycles. The van der Waals surface area contributed by atoms with Crippen molar-refractivity contribution >= 4 is 17.6 Å². The SMILES string of the molecule is CCOC(=O)CC1COc2cc(OCc3cccc(C(=O)Nc4ccc(OC(F)(F)F)cc4)c3C)ccc21. The normalized spacial score (nSPS) is 14.3. The Morgan fingerprint density at radius 2 is 1.79 bits per heavy atom. The molecule has 0 saturated carbocycles. The molecular weight excluding hydrogens is 503 g/mol. The Labute approximate surface area is 217 Å². The summed E-state index contributed by atoms with van der Waals surface area (Å²) in [5.74, 6) is 0.124. The predicted molar refractivity (Wildman–Crippen MR) is 133 cm³/mol. The Hall–Kier alpha value is -4.21. The summed E-state index contributed by atoms with van der Waals surface area (Å²) in [6.45, 7) is 4.48. The van der Waals surface area contributed by atoms with Crippen LogP contribution in [0.3, 0.4) is 0 Å². The monoisotopic (exact) mass is 529 g/mol. The van der Waals surface area contributed by atoms with Crippen molar-refractivity contribution in [3.63, 3.8) is 0 Å². The molecule has 3 aromatic carbocycles. The quantitative estimate of drug-likeness (QED) is 0.335. The Morgan fingerprint density at radius 1 is 1.05 bits per heavy atom. The summed E-state index contributed by atoms with van der Waals surface area (Å²) in [5.41, 5.74) is 3.14. The van der Waals surface area contributed by atoms with E-state index >= 15 is 0 Å². The van der Waals surface area contributed by atoms with Crippen LogP contribution in [0.25, 0.3) is 0 Å². The van der Waals surface area contributed by atoms with Crippen molar-refractivity contribution in [2.24, 2.45) is 0 Å². The number of anilines is 1. The van der Waals surface area contributed by atoms with Crippen molar-refractivity contribution in [2.45, 2.75) is 39.2 Å². The van der Waals surface area contributed by atoms with E-state index in [1.165, 1.54) is 12.1 Å². The number of carbonyl (C=O) groups excluding carboxylic acids is 2. The fourth-order valence-corrected chi connectivity index (χ4v) is 4.12. The highest BCUT2D eigenvalue weighted by Gasteiger charge is 2.31. The van der Waals surface area contributed by atoms with E-state index in [2.05, 4.69) is 10.1 Å². The van der Waals surface area contributed by atoms with Crippen molar-refractivity contribution in [3.8, 4) is 17.2 Å². The number of fused-ring (bicyclic) bond motifs is 1. The molecule has 1 aliphatic rings. The zero-order valence-corrected chi connectivity index (χ0v) is 20.8. The van der Waals surface area contributed by atoms with Crippen LogP contribution >= 0.6 is 0 Å². The van der Waals surface area contributed by atoms with Crippen LogP contribution in [0, 0.1) is 6.92 Å². The minimum Gasteiger partial charge on any atom is -0.492 e. The first kappa shape index (κ1) is 26.8.